The minimum Gasteiger partial charge on any atom is -0.351 e. The number of rotatable bonds is 3. The molecule has 2 heterocycles. The summed E-state index contributed by atoms with van der Waals surface area (Å²) in [5.74, 6) is -0.185. The summed E-state index contributed by atoms with van der Waals surface area (Å²) in [6, 6.07) is 7.15. The van der Waals surface area contributed by atoms with Gasteiger partial charge in [0.05, 0.1) is 6.26 Å². The Hall–Kier alpha value is -1.57. The van der Waals surface area contributed by atoms with Gasteiger partial charge < -0.3 is 10.3 Å². The smallest absolute Gasteiger partial charge is 0.267 e. The lowest BCUT2D eigenvalue weighted by Crippen LogP contribution is -2.46. The zero-order valence-corrected chi connectivity index (χ0v) is 14.2. The maximum atomic E-state index is 12.3. The normalized spacial score (nSPS) is 17.5. The molecule has 1 aromatic heterocycles. The van der Waals surface area contributed by atoms with Crippen LogP contribution in [0.5, 0.6) is 0 Å². The fraction of sp³-hybridized carbons (Fsp3) is 0.400. The molecule has 3 rings (SSSR count). The van der Waals surface area contributed by atoms with Crippen LogP contribution in [0, 0.1) is 0 Å². The van der Waals surface area contributed by atoms with E-state index in [1.54, 1.807) is 18.2 Å². The molecule has 0 atom stereocenters. The van der Waals surface area contributed by atoms with Crippen molar-refractivity contribution in [2.75, 3.05) is 19.3 Å². The Labute approximate surface area is 139 Å². The summed E-state index contributed by atoms with van der Waals surface area (Å²) >= 11 is 5.95. The lowest BCUT2D eigenvalue weighted by Gasteiger charge is -2.30. The molecule has 1 aliphatic heterocycles. The third kappa shape index (κ3) is 3.68. The monoisotopic (exact) mass is 355 g/mol. The third-order valence-electron chi connectivity index (χ3n) is 4.09. The van der Waals surface area contributed by atoms with Gasteiger partial charge in [-0.25, -0.2) is 12.7 Å². The van der Waals surface area contributed by atoms with Gasteiger partial charge in [-0.05, 0) is 37.1 Å². The van der Waals surface area contributed by atoms with Crippen LogP contribution in [0.1, 0.15) is 23.3 Å². The fourth-order valence-corrected chi connectivity index (χ4v) is 3.88. The number of hydrogen-bond acceptors (Lipinski definition) is 3. The molecular weight excluding hydrogens is 338 g/mol. The van der Waals surface area contributed by atoms with E-state index in [0.29, 0.717) is 36.6 Å². The topological polar surface area (TPSA) is 82.3 Å². The number of hydrogen-bond donors (Lipinski definition) is 2. The molecule has 0 spiro atoms. The first-order valence-corrected chi connectivity index (χ1v) is 9.60. The SMILES string of the molecule is CS(=O)(=O)N1CCC(NC(=O)c2cc3cc(Cl)ccc3[nH]2)CC1. The fourth-order valence-electron chi connectivity index (χ4n) is 2.82. The van der Waals surface area contributed by atoms with Crippen LogP contribution >= 0.6 is 11.6 Å². The van der Waals surface area contributed by atoms with Crippen molar-refractivity contribution in [2.45, 2.75) is 18.9 Å². The molecular formula is C15H18ClN3O3S. The lowest BCUT2D eigenvalue weighted by molar-refractivity contribution is 0.0919. The molecule has 1 saturated heterocycles. The quantitative estimate of drug-likeness (QED) is 0.883. The van der Waals surface area contributed by atoms with Crippen LogP contribution in [-0.2, 0) is 10.0 Å². The number of nitrogens with one attached hydrogen (secondary N) is 2. The zero-order valence-electron chi connectivity index (χ0n) is 12.7. The number of fused-ring (bicyclic) bond motifs is 1. The molecule has 1 amide bonds. The van der Waals surface area contributed by atoms with E-state index >= 15 is 0 Å². The zero-order chi connectivity index (χ0) is 16.6. The maximum Gasteiger partial charge on any atom is 0.267 e. The Morgan fingerprint density at radius 1 is 1.30 bits per heavy atom. The van der Waals surface area contributed by atoms with Crippen molar-refractivity contribution >= 4 is 38.4 Å². The molecule has 0 saturated carbocycles. The Morgan fingerprint density at radius 2 is 2.00 bits per heavy atom. The van der Waals surface area contributed by atoms with E-state index < -0.39 is 10.0 Å². The molecule has 0 bridgehead atoms. The highest BCUT2D eigenvalue weighted by atomic mass is 35.5. The Balaban J connectivity index is 1.65. The summed E-state index contributed by atoms with van der Waals surface area (Å²) in [6.07, 6.45) is 2.44. The van der Waals surface area contributed by atoms with Crippen LogP contribution in [0.25, 0.3) is 10.9 Å². The molecule has 23 heavy (non-hydrogen) atoms. The van der Waals surface area contributed by atoms with E-state index in [1.807, 2.05) is 6.07 Å². The van der Waals surface area contributed by atoms with E-state index in [1.165, 1.54) is 10.6 Å². The Kier molecular flexibility index (Phi) is 4.35. The number of amides is 1. The average Bonchev–Trinajstić information content (AvgIpc) is 2.90. The van der Waals surface area contributed by atoms with Gasteiger partial charge in [-0.2, -0.15) is 0 Å². The number of piperidine rings is 1. The molecule has 1 aromatic carbocycles. The predicted molar refractivity (Wildman–Crippen MR) is 90.2 cm³/mol. The van der Waals surface area contributed by atoms with Crippen molar-refractivity contribution in [1.82, 2.24) is 14.6 Å². The van der Waals surface area contributed by atoms with Gasteiger partial charge in [0.15, 0.2) is 0 Å². The second kappa shape index (κ2) is 6.14. The van der Waals surface area contributed by atoms with Gasteiger partial charge in [0.25, 0.3) is 5.91 Å². The first-order valence-electron chi connectivity index (χ1n) is 7.37. The van der Waals surface area contributed by atoms with Crippen molar-refractivity contribution in [3.63, 3.8) is 0 Å². The number of H-pyrrole nitrogens is 1. The summed E-state index contributed by atoms with van der Waals surface area (Å²) in [6.45, 7) is 0.873. The van der Waals surface area contributed by atoms with Gasteiger partial charge in [0.2, 0.25) is 10.0 Å². The van der Waals surface area contributed by atoms with Gasteiger partial charge in [0, 0.05) is 35.1 Å². The van der Waals surface area contributed by atoms with Crippen LogP contribution < -0.4 is 5.32 Å². The number of aromatic nitrogens is 1. The maximum absolute atomic E-state index is 12.3. The van der Waals surface area contributed by atoms with Crippen molar-refractivity contribution in [1.29, 1.82) is 0 Å². The van der Waals surface area contributed by atoms with E-state index in [4.69, 9.17) is 11.6 Å². The Bertz CT molecular complexity index is 839. The number of nitrogens with zero attached hydrogens (tertiary/aromatic N) is 1. The lowest BCUT2D eigenvalue weighted by atomic mass is 10.1. The van der Waals surface area contributed by atoms with Crippen molar-refractivity contribution in [2.24, 2.45) is 0 Å². The molecule has 2 aromatic rings. The number of benzene rings is 1. The second-order valence-corrected chi connectivity index (χ2v) is 8.24. The van der Waals surface area contributed by atoms with E-state index in [0.717, 1.165) is 10.9 Å². The van der Waals surface area contributed by atoms with E-state index in [-0.39, 0.29) is 11.9 Å². The summed E-state index contributed by atoms with van der Waals surface area (Å²) in [5.41, 5.74) is 1.33. The van der Waals surface area contributed by atoms with Crippen molar-refractivity contribution in [3.05, 3.63) is 35.0 Å². The molecule has 124 valence electrons. The van der Waals surface area contributed by atoms with Gasteiger partial charge in [-0.15, -0.1) is 0 Å². The van der Waals surface area contributed by atoms with Gasteiger partial charge in [-0.3, -0.25) is 4.79 Å². The van der Waals surface area contributed by atoms with Crippen molar-refractivity contribution in [3.8, 4) is 0 Å². The highest BCUT2D eigenvalue weighted by Gasteiger charge is 2.26. The molecule has 0 unspecified atom stereocenters. The van der Waals surface area contributed by atoms with Gasteiger partial charge in [-0.1, -0.05) is 11.6 Å². The number of halogens is 1. The number of carbonyl (C=O) groups is 1. The largest absolute Gasteiger partial charge is 0.351 e. The number of sulfonamides is 1. The Morgan fingerprint density at radius 3 is 2.65 bits per heavy atom. The summed E-state index contributed by atoms with van der Waals surface area (Å²) in [4.78, 5) is 15.4. The molecule has 1 fully saturated rings. The van der Waals surface area contributed by atoms with Crippen LogP contribution in [0.4, 0.5) is 0 Å². The first kappa shape index (κ1) is 16.3. The second-order valence-electron chi connectivity index (χ2n) is 5.82. The average molecular weight is 356 g/mol. The molecule has 0 aliphatic carbocycles. The standard InChI is InChI=1S/C15H18ClN3O3S/c1-23(21,22)19-6-4-12(5-7-19)17-15(20)14-9-10-8-11(16)2-3-13(10)18-14/h2-3,8-9,12,18H,4-7H2,1H3,(H,17,20). The van der Waals surface area contributed by atoms with Gasteiger partial charge >= 0.3 is 0 Å². The highest BCUT2D eigenvalue weighted by molar-refractivity contribution is 7.88. The molecule has 2 N–H and O–H groups in total. The molecule has 0 radical (unpaired) electrons. The number of aromatic amines is 1. The van der Waals surface area contributed by atoms with Gasteiger partial charge in [0.1, 0.15) is 5.69 Å². The predicted octanol–water partition coefficient (Wildman–Crippen LogP) is 1.98. The summed E-state index contributed by atoms with van der Waals surface area (Å²) in [7, 11) is -3.15. The van der Waals surface area contributed by atoms with E-state index in [9.17, 15) is 13.2 Å². The van der Waals surface area contributed by atoms with Crippen molar-refractivity contribution < 1.29 is 13.2 Å². The van der Waals surface area contributed by atoms with Crippen LogP contribution in [-0.4, -0.2) is 49.0 Å². The summed E-state index contributed by atoms with van der Waals surface area (Å²) in [5, 5.41) is 4.46. The van der Waals surface area contributed by atoms with E-state index in [2.05, 4.69) is 10.3 Å². The minimum atomic E-state index is -3.15. The summed E-state index contributed by atoms with van der Waals surface area (Å²) < 4.78 is 24.4. The molecule has 8 heteroatoms. The number of carbonyl (C=O) groups excluding carboxylic acids is 1. The molecule has 6 nitrogen and oxygen atoms in total. The van der Waals surface area contributed by atoms with Crippen LogP contribution in [0.3, 0.4) is 0 Å². The molecule has 1 aliphatic rings. The van der Waals surface area contributed by atoms with Crippen LogP contribution in [0.15, 0.2) is 24.3 Å². The highest BCUT2D eigenvalue weighted by Crippen LogP contribution is 2.20. The van der Waals surface area contributed by atoms with Crippen LogP contribution in [0.2, 0.25) is 5.02 Å². The minimum absolute atomic E-state index is 0.0181. The third-order valence-corrected chi connectivity index (χ3v) is 5.62. The first-order chi connectivity index (χ1) is 10.8.